The molecule has 0 aliphatic heterocycles. The van der Waals surface area contributed by atoms with Crippen LogP contribution in [0.5, 0.6) is 0 Å². The number of carbonyl (C=O) groups excluding carboxylic acids is 1. The topological polar surface area (TPSA) is 40.9 Å². The number of ketones is 1. The highest BCUT2D eigenvalue weighted by Gasteiger charge is 2.34. The molecule has 1 aliphatic carbocycles. The lowest BCUT2D eigenvalue weighted by Gasteiger charge is -2.28. The van der Waals surface area contributed by atoms with Crippen molar-refractivity contribution in [2.75, 3.05) is 0 Å². The molecule has 0 aromatic carbocycles. The maximum Gasteiger partial charge on any atom is 0.164 e. The Bertz CT molecular complexity index is 477. The molecule has 0 fully saturated rings. The van der Waals surface area contributed by atoms with E-state index in [1.54, 1.807) is 0 Å². The lowest BCUT2D eigenvalue weighted by Crippen LogP contribution is -2.26. The van der Waals surface area contributed by atoms with Crippen molar-refractivity contribution in [3.05, 3.63) is 20.9 Å². The fraction of sp³-hybridized carbons (Fsp3) is 0.500. The second-order valence-electron chi connectivity index (χ2n) is 4.89. The van der Waals surface area contributed by atoms with Crippen LogP contribution in [0.4, 0.5) is 0 Å². The predicted octanol–water partition coefficient (Wildman–Crippen LogP) is 3.08. The molecule has 0 radical (unpaired) electrons. The Morgan fingerprint density at radius 3 is 2.67 bits per heavy atom. The van der Waals surface area contributed by atoms with E-state index in [1.165, 1.54) is 11.3 Å². The Hall–Kier alpha value is -1.14. The number of nitriles is 1. The standard InChI is InChI=1S/C12H13NOS/c1-7-11-8(10(6-13)15-7)4-12(2,3)5-9(11)14/h4-5H2,1-3H3. The number of rotatable bonds is 0. The zero-order valence-electron chi connectivity index (χ0n) is 9.18. The molecular formula is C12H13NOS. The molecule has 2 rings (SSSR count). The molecule has 3 heteroatoms. The zero-order valence-corrected chi connectivity index (χ0v) is 9.99. The van der Waals surface area contributed by atoms with Crippen LogP contribution in [0.15, 0.2) is 0 Å². The summed E-state index contributed by atoms with van der Waals surface area (Å²) in [4.78, 5) is 13.7. The van der Waals surface area contributed by atoms with E-state index in [-0.39, 0.29) is 11.2 Å². The van der Waals surface area contributed by atoms with E-state index in [4.69, 9.17) is 5.26 Å². The molecule has 1 aromatic rings. The molecule has 0 saturated heterocycles. The first-order valence-electron chi connectivity index (χ1n) is 5.00. The van der Waals surface area contributed by atoms with Crippen molar-refractivity contribution in [2.45, 2.75) is 33.6 Å². The number of hydrogen-bond donors (Lipinski definition) is 0. The van der Waals surface area contributed by atoms with Crippen LogP contribution in [0.3, 0.4) is 0 Å². The van der Waals surface area contributed by atoms with E-state index in [0.29, 0.717) is 6.42 Å². The summed E-state index contributed by atoms with van der Waals surface area (Å²) in [5, 5.41) is 9.01. The fourth-order valence-electron chi connectivity index (χ4n) is 2.28. The molecule has 1 aliphatic rings. The van der Waals surface area contributed by atoms with E-state index in [0.717, 1.165) is 27.3 Å². The minimum atomic E-state index is 0.00317. The Kier molecular flexibility index (Phi) is 2.20. The van der Waals surface area contributed by atoms with Gasteiger partial charge in [-0.2, -0.15) is 5.26 Å². The van der Waals surface area contributed by atoms with Crippen molar-refractivity contribution >= 4 is 17.1 Å². The van der Waals surface area contributed by atoms with Crippen LogP contribution in [-0.2, 0) is 6.42 Å². The van der Waals surface area contributed by atoms with E-state index < -0.39 is 0 Å². The van der Waals surface area contributed by atoms with Crippen LogP contribution in [0.2, 0.25) is 0 Å². The summed E-state index contributed by atoms with van der Waals surface area (Å²) in [6, 6.07) is 2.20. The monoisotopic (exact) mass is 219 g/mol. The van der Waals surface area contributed by atoms with Crippen LogP contribution >= 0.6 is 11.3 Å². The van der Waals surface area contributed by atoms with Crippen molar-refractivity contribution in [1.82, 2.24) is 0 Å². The van der Waals surface area contributed by atoms with Gasteiger partial charge in [-0.3, -0.25) is 4.79 Å². The van der Waals surface area contributed by atoms with Gasteiger partial charge in [-0.15, -0.1) is 11.3 Å². The second kappa shape index (κ2) is 3.18. The van der Waals surface area contributed by atoms with Gasteiger partial charge in [0.25, 0.3) is 0 Å². The molecule has 15 heavy (non-hydrogen) atoms. The van der Waals surface area contributed by atoms with Crippen molar-refractivity contribution in [1.29, 1.82) is 5.26 Å². The van der Waals surface area contributed by atoms with Gasteiger partial charge >= 0.3 is 0 Å². The van der Waals surface area contributed by atoms with Gasteiger partial charge < -0.3 is 0 Å². The lowest BCUT2D eigenvalue weighted by molar-refractivity contribution is 0.0912. The lowest BCUT2D eigenvalue weighted by atomic mass is 9.74. The van der Waals surface area contributed by atoms with Gasteiger partial charge in [0.2, 0.25) is 0 Å². The van der Waals surface area contributed by atoms with Gasteiger partial charge in [-0.25, -0.2) is 0 Å². The quantitative estimate of drug-likeness (QED) is 0.672. The molecule has 0 spiro atoms. The SMILES string of the molecule is Cc1sc(C#N)c2c1C(=O)CC(C)(C)C2. The van der Waals surface area contributed by atoms with E-state index in [9.17, 15) is 4.79 Å². The Balaban J connectivity index is 2.63. The summed E-state index contributed by atoms with van der Waals surface area (Å²) in [6.45, 7) is 6.10. The summed E-state index contributed by atoms with van der Waals surface area (Å²) < 4.78 is 0. The number of hydrogen-bond acceptors (Lipinski definition) is 3. The van der Waals surface area contributed by atoms with Crippen LogP contribution in [0.25, 0.3) is 0 Å². The van der Waals surface area contributed by atoms with E-state index >= 15 is 0 Å². The molecule has 0 saturated carbocycles. The first-order valence-corrected chi connectivity index (χ1v) is 5.82. The van der Waals surface area contributed by atoms with E-state index in [1.807, 2.05) is 6.92 Å². The molecule has 2 nitrogen and oxygen atoms in total. The molecule has 0 unspecified atom stereocenters. The van der Waals surface area contributed by atoms with Crippen molar-refractivity contribution in [3.8, 4) is 6.07 Å². The van der Waals surface area contributed by atoms with Gasteiger partial charge in [-0.1, -0.05) is 13.8 Å². The summed E-state index contributed by atoms with van der Waals surface area (Å²) in [6.07, 6.45) is 1.45. The van der Waals surface area contributed by atoms with E-state index in [2.05, 4.69) is 19.9 Å². The summed E-state index contributed by atoms with van der Waals surface area (Å²) in [5.74, 6) is 0.205. The number of nitrogens with zero attached hydrogens (tertiary/aromatic N) is 1. The first-order chi connectivity index (χ1) is 6.94. The van der Waals surface area contributed by atoms with Crippen molar-refractivity contribution in [2.24, 2.45) is 5.41 Å². The smallest absolute Gasteiger partial charge is 0.164 e. The molecule has 1 aromatic heterocycles. The van der Waals surface area contributed by atoms with Gasteiger partial charge in [0.1, 0.15) is 10.9 Å². The highest BCUT2D eigenvalue weighted by molar-refractivity contribution is 7.13. The molecule has 0 amide bonds. The van der Waals surface area contributed by atoms with Crippen molar-refractivity contribution in [3.63, 3.8) is 0 Å². The number of thiophene rings is 1. The maximum atomic E-state index is 11.9. The third-order valence-electron chi connectivity index (χ3n) is 2.86. The molecule has 0 atom stereocenters. The third-order valence-corrected chi connectivity index (χ3v) is 3.91. The Morgan fingerprint density at radius 1 is 1.40 bits per heavy atom. The minimum Gasteiger partial charge on any atom is -0.294 e. The number of fused-ring (bicyclic) bond motifs is 1. The number of aryl methyl sites for hydroxylation is 1. The summed E-state index contributed by atoms with van der Waals surface area (Å²) >= 11 is 1.45. The molecule has 78 valence electrons. The zero-order chi connectivity index (χ0) is 11.2. The second-order valence-corrected chi connectivity index (χ2v) is 6.12. The minimum absolute atomic E-state index is 0.00317. The molecule has 0 bridgehead atoms. The first kappa shape index (κ1) is 10.4. The van der Waals surface area contributed by atoms with Crippen LogP contribution in [-0.4, -0.2) is 5.78 Å². The average Bonchev–Trinajstić information content (AvgIpc) is 2.40. The average molecular weight is 219 g/mol. The molecule has 0 N–H and O–H groups in total. The van der Waals surface area contributed by atoms with Gasteiger partial charge in [0, 0.05) is 16.9 Å². The number of carbonyl (C=O) groups is 1. The van der Waals surface area contributed by atoms with Gasteiger partial charge in [0.15, 0.2) is 5.78 Å². The molecular weight excluding hydrogens is 206 g/mol. The highest BCUT2D eigenvalue weighted by Crippen LogP contribution is 2.40. The fourth-order valence-corrected chi connectivity index (χ4v) is 3.27. The summed E-state index contributed by atoms with van der Waals surface area (Å²) in [5.41, 5.74) is 1.82. The Labute approximate surface area is 93.5 Å². The van der Waals surface area contributed by atoms with Crippen LogP contribution in [0, 0.1) is 23.7 Å². The Morgan fingerprint density at radius 2 is 2.07 bits per heavy atom. The largest absolute Gasteiger partial charge is 0.294 e. The van der Waals surface area contributed by atoms with Crippen LogP contribution in [0.1, 0.15) is 45.9 Å². The molecule has 1 heterocycles. The highest BCUT2D eigenvalue weighted by atomic mass is 32.1. The van der Waals surface area contributed by atoms with Crippen LogP contribution < -0.4 is 0 Å². The maximum absolute atomic E-state index is 11.9. The summed E-state index contributed by atoms with van der Waals surface area (Å²) in [7, 11) is 0. The predicted molar refractivity (Wildman–Crippen MR) is 60.2 cm³/mol. The number of Topliss-reactive ketones (excluding diaryl/α,β-unsaturated/α-hetero) is 1. The third kappa shape index (κ3) is 1.59. The van der Waals surface area contributed by atoms with Crippen molar-refractivity contribution < 1.29 is 4.79 Å². The normalized spacial score (nSPS) is 18.4. The van der Waals surface area contributed by atoms with Gasteiger partial charge in [-0.05, 0) is 24.3 Å². The van der Waals surface area contributed by atoms with Gasteiger partial charge in [0.05, 0.1) is 0 Å².